The van der Waals surface area contributed by atoms with Crippen LogP contribution in [0.15, 0.2) is 18.2 Å². The van der Waals surface area contributed by atoms with Crippen LogP contribution in [0.25, 0.3) is 0 Å². The first kappa shape index (κ1) is 14.1. The molecule has 0 radical (unpaired) electrons. The smallest absolute Gasteiger partial charge is 0.251 e. The molecule has 2 rings (SSSR count). The molecule has 0 atom stereocenters. The molecule has 0 unspecified atom stereocenters. The van der Waals surface area contributed by atoms with Crippen LogP contribution in [0, 0.1) is 3.57 Å². The fourth-order valence-corrected chi connectivity index (χ4v) is 2.64. The Labute approximate surface area is 125 Å². The van der Waals surface area contributed by atoms with Crippen molar-refractivity contribution < 1.29 is 9.90 Å². The number of rotatable bonds is 2. The van der Waals surface area contributed by atoms with Gasteiger partial charge in [-0.15, -0.1) is 0 Å². The van der Waals surface area contributed by atoms with Crippen LogP contribution in [-0.4, -0.2) is 23.2 Å². The van der Waals surface area contributed by atoms with Crippen molar-refractivity contribution in [3.8, 4) is 0 Å². The van der Waals surface area contributed by atoms with Crippen LogP contribution in [0.2, 0.25) is 5.02 Å². The largest absolute Gasteiger partial charge is 0.393 e. The van der Waals surface area contributed by atoms with E-state index in [-0.39, 0.29) is 18.1 Å². The Bertz CT molecular complexity index is 445. The molecule has 0 spiro atoms. The fourth-order valence-electron chi connectivity index (χ4n) is 2.13. The highest BCUT2D eigenvalue weighted by molar-refractivity contribution is 14.1. The second-order valence-corrected chi connectivity index (χ2v) is 6.18. The van der Waals surface area contributed by atoms with Crippen LogP contribution >= 0.6 is 34.2 Å². The molecule has 1 aromatic rings. The molecule has 5 heteroatoms. The van der Waals surface area contributed by atoms with E-state index in [0.717, 1.165) is 29.3 Å². The Hall–Kier alpha value is -0.330. The molecule has 1 amide bonds. The van der Waals surface area contributed by atoms with Gasteiger partial charge in [-0.2, -0.15) is 0 Å². The lowest BCUT2D eigenvalue weighted by atomic mass is 9.93. The molecular formula is C13H15ClINO2. The minimum atomic E-state index is -0.203. The van der Waals surface area contributed by atoms with Gasteiger partial charge in [0.25, 0.3) is 5.91 Å². The topological polar surface area (TPSA) is 49.3 Å². The van der Waals surface area contributed by atoms with Crippen LogP contribution in [-0.2, 0) is 0 Å². The second kappa shape index (κ2) is 6.21. The zero-order valence-corrected chi connectivity index (χ0v) is 12.7. The average molecular weight is 380 g/mol. The summed E-state index contributed by atoms with van der Waals surface area (Å²) in [5.74, 6) is -0.0883. The molecule has 0 aromatic heterocycles. The highest BCUT2D eigenvalue weighted by Gasteiger charge is 2.21. The number of carbonyl (C=O) groups excluding carboxylic acids is 1. The normalized spacial score (nSPS) is 23.7. The van der Waals surface area contributed by atoms with E-state index in [9.17, 15) is 9.90 Å². The second-order valence-electron chi connectivity index (χ2n) is 4.61. The first-order chi connectivity index (χ1) is 8.56. The lowest BCUT2D eigenvalue weighted by Crippen LogP contribution is -2.38. The first-order valence-corrected chi connectivity index (χ1v) is 7.46. The lowest BCUT2D eigenvalue weighted by Gasteiger charge is -2.26. The quantitative estimate of drug-likeness (QED) is 0.776. The Morgan fingerprint density at radius 2 is 2.00 bits per heavy atom. The molecule has 0 saturated heterocycles. The summed E-state index contributed by atoms with van der Waals surface area (Å²) in [5, 5.41) is 13.0. The van der Waals surface area contributed by atoms with E-state index in [2.05, 4.69) is 27.9 Å². The Morgan fingerprint density at radius 1 is 1.33 bits per heavy atom. The van der Waals surface area contributed by atoms with Gasteiger partial charge in [0.2, 0.25) is 0 Å². The Morgan fingerprint density at radius 3 is 2.61 bits per heavy atom. The summed E-state index contributed by atoms with van der Waals surface area (Å²) in [6.07, 6.45) is 3.00. The molecule has 0 aliphatic heterocycles. The van der Waals surface area contributed by atoms with Crippen molar-refractivity contribution in [2.24, 2.45) is 0 Å². The summed E-state index contributed by atoms with van der Waals surface area (Å²) in [7, 11) is 0. The molecule has 1 aromatic carbocycles. The average Bonchev–Trinajstić information content (AvgIpc) is 2.35. The van der Waals surface area contributed by atoms with Gasteiger partial charge in [0.1, 0.15) is 0 Å². The monoisotopic (exact) mass is 379 g/mol. The molecule has 0 heterocycles. The van der Waals surface area contributed by atoms with Gasteiger partial charge < -0.3 is 10.4 Å². The third-order valence-corrected chi connectivity index (χ3v) is 4.79. The molecule has 18 heavy (non-hydrogen) atoms. The van der Waals surface area contributed by atoms with E-state index < -0.39 is 0 Å². The zero-order valence-electron chi connectivity index (χ0n) is 9.83. The SMILES string of the molecule is O=C(NC1CCC(O)CC1)c1ccc(I)c(Cl)c1. The third-order valence-electron chi connectivity index (χ3n) is 3.21. The summed E-state index contributed by atoms with van der Waals surface area (Å²) in [5.41, 5.74) is 0.589. The minimum absolute atomic E-state index is 0.0883. The van der Waals surface area contributed by atoms with Crippen molar-refractivity contribution in [3.63, 3.8) is 0 Å². The van der Waals surface area contributed by atoms with Gasteiger partial charge in [0, 0.05) is 15.2 Å². The van der Waals surface area contributed by atoms with E-state index in [1.54, 1.807) is 12.1 Å². The highest BCUT2D eigenvalue weighted by atomic mass is 127. The molecule has 0 bridgehead atoms. The van der Waals surface area contributed by atoms with Crippen molar-refractivity contribution >= 4 is 40.1 Å². The summed E-state index contributed by atoms with van der Waals surface area (Å²) >= 11 is 8.13. The minimum Gasteiger partial charge on any atom is -0.393 e. The molecule has 98 valence electrons. The van der Waals surface area contributed by atoms with Gasteiger partial charge in [0.15, 0.2) is 0 Å². The molecule has 1 saturated carbocycles. The maximum atomic E-state index is 12.0. The van der Waals surface area contributed by atoms with Gasteiger partial charge in [-0.25, -0.2) is 0 Å². The Kier molecular flexibility index (Phi) is 4.86. The van der Waals surface area contributed by atoms with Gasteiger partial charge in [-0.1, -0.05) is 11.6 Å². The van der Waals surface area contributed by atoms with E-state index in [4.69, 9.17) is 11.6 Å². The van der Waals surface area contributed by atoms with Crippen LogP contribution < -0.4 is 5.32 Å². The van der Waals surface area contributed by atoms with Gasteiger partial charge >= 0.3 is 0 Å². The van der Waals surface area contributed by atoms with E-state index in [0.29, 0.717) is 10.6 Å². The number of aliphatic hydroxyl groups is 1. The standard InChI is InChI=1S/C13H15ClINO2/c14-11-7-8(1-6-12(11)15)13(18)16-9-2-4-10(17)5-3-9/h1,6-7,9-10,17H,2-5H2,(H,16,18). The predicted octanol–water partition coefficient (Wildman–Crippen LogP) is 2.98. The lowest BCUT2D eigenvalue weighted by molar-refractivity contribution is 0.0867. The van der Waals surface area contributed by atoms with Gasteiger partial charge in [-0.3, -0.25) is 4.79 Å². The molecule has 1 aliphatic carbocycles. The van der Waals surface area contributed by atoms with Crippen molar-refractivity contribution in [1.82, 2.24) is 5.32 Å². The fraction of sp³-hybridized carbons (Fsp3) is 0.462. The predicted molar refractivity (Wildman–Crippen MR) is 79.9 cm³/mol. The number of amides is 1. The summed E-state index contributed by atoms with van der Waals surface area (Å²) in [6, 6.07) is 5.47. The van der Waals surface area contributed by atoms with Crippen LogP contribution in [0.4, 0.5) is 0 Å². The summed E-state index contributed by atoms with van der Waals surface area (Å²) in [6.45, 7) is 0. The maximum Gasteiger partial charge on any atom is 0.251 e. The van der Waals surface area contributed by atoms with Crippen molar-refractivity contribution in [3.05, 3.63) is 32.4 Å². The first-order valence-electron chi connectivity index (χ1n) is 6.00. The molecule has 2 N–H and O–H groups in total. The number of halogens is 2. The van der Waals surface area contributed by atoms with Crippen LogP contribution in [0.1, 0.15) is 36.0 Å². The molecular weight excluding hydrogens is 365 g/mol. The van der Waals surface area contributed by atoms with Gasteiger partial charge in [-0.05, 0) is 66.5 Å². The van der Waals surface area contributed by atoms with Crippen molar-refractivity contribution in [1.29, 1.82) is 0 Å². The van der Waals surface area contributed by atoms with E-state index in [1.165, 1.54) is 0 Å². The number of nitrogens with one attached hydrogen (secondary N) is 1. The van der Waals surface area contributed by atoms with Crippen LogP contribution in [0.3, 0.4) is 0 Å². The number of benzene rings is 1. The summed E-state index contributed by atoms with van der Waals surface area (Å²) in [4.78, 5) is 12.0. The zero-order chi connectivity index (χ0) is 13.1. The molecule has 1 fully saturated rings. The third kappa shape index (κ3) is 3.59. The number of aliphatic hydroxyl groups excluding tert-OH is 1. The highest BCUT2D eigenvalue weighted by Crippen LogP contribution is 2.21. The summed E-state index contributed by atoms with van der Waals surface area (Å²) < 4.78 is 0.937. The van der Waals surface area contributed by atoms with Crippen molar-refractivity contribution in [2.45, 2.75) is 37.8 Å². The van der Waals surface area contributed by atoms with E-state index in [1.807, 2.05) is 6.07 Å². The number of hydrogen-bond acceptors (Lipinski definition) is 2. The number of carbonyl (C=O) groups is 1. The van der Waals surface area contributed by atoms with Gasteiger partial charge in [0.05, 0.1) is 11.1 Å². The van der Waals surface area contributed by atoms with Crippen molar-refractivity contribution in [2.75, 3.05) is 0 Å². The van der Waals surface area contributed by atoms with Crippen LogP contribution in [0.5, 0.6) is 0 Å². The Balaban J connectivity index is 1.97. The van der Waals surface area contributed by atoms with E-state index >= 15 is 0 Å². The maximum absolute atomic E-state index is 12.0. The molecule has 1 aliphatic rings. The molecule has 3 nitrogen and oxygen atoms in total. The number of hydrogen-bond donors (Lipinski definition) is 2.